The summed E-state index contributed by atoms with van der Waals surface area (Å²) in [5.74, 6) is 0.953. The predicted octanol–water partition coefficient (Wildman–Crippen LogP) is 5.86. The van der Waals surface area contributed by atoms with Crippen molar-refractivity contribution in [2.24, 2.45) is 5.92 Å². The van der Waals surface area contributed by atoms with E-state index in [-0.39, 0.29) is 5.92 Å². The fourth-order valence-corrected chi connectivity index (χ4v) is 5.16. The molecule has 1 fully saturated rings. The Kier molecular flexibility index (Phi) is 5.34. The first-order valence-corrected chi connectivity index (χ1v) is 11.2. The first kappa shape index (κ1) is 19.6. The minimum absolute atomic E-state index is 0.205. The molecule has 3 aromatic heterocycles. The van der Waals surface area contributed by atoms with Crippen LogP contribution in [-0.4, -0.2) is 26.0 Å². The largest absolute Gasteiger partial charge is 0.481 e. The number of nitrogens with zero attached hydrogens (tertiary/aromatic N) is 3. The van der Waals surface area contributed by atoms with Gasteiger partial charge >= 0.3 is 5.97 Å². The summed E-state index contributed by atoms with van der Waals surface area (Å²) in [5.41, 5.74) is 0.869. The summed E-state index contributed by atoms with van der Waals surface area (Å²) in [4.78, 5) is 26.1. The number of pyridine rings is 2. The van der Waals surface area contributed by atoms with Gasteiger partial charge in [0.1, 0.15) is 11.6 Å². The molecule has 1 aliphatic carbocycles. The van der Waals surface area contributed by atoms with Crippen LogP contribution in [0.25, 0.3) is 21.3 Å². The van der Waals surface area contributed by atoms with Gasteiger partial charge in [-0.1, -0.05) is 30.3 Å². The summed E-state index contributed by atoms with van der Waals surface area (Å²) in [5, 5.41) is 15.8. The average molecular weight is 431 g/mol. The van der Waals surface area contributed by atoms with Gasteiger partial charge in [0.05, 0.1) is 21.5 Å². The van der Waals surface area contributed by atoms with E-state index in [4.69, 9.17) is 4.98 Å². The van der Waals surface area contributed by atoms with Crippen LogP contribution in [0.4, 0.5) is 11.6 Å². The Morgan fingerprint density at radius 2 is 1.74 bits per heavy atom. The van der Waals surface area contributed by atoms with E-state index in [0.29, 0.717) is 5.92 Å². The number of carbonyl (C=O) groups is 1. The van der Waals surface area contributed by atoms with E-state index in [2.05, 4.69) is 21.4 Å². The summed E-state index contributed by atoms with van der Waals surface area (Å²) in [6.07, 6.45) is 6.95. The Morgan fingerprint density at radius 1 is 0.935 bits per heavy atom. The minimum Gasteiger partial charge on any atom is -0.481 e. The van der Waals surface area contributed by atoms with Crippen molar-refractivity contribution >= 4 is 39.7 Å². The van der Waals surface area contributed by atoms with E-state index in [1.54, 1.807) is 11.3 Å². The molecule has 1 aliphatic rings. The van der Waals surface area contributed by atoms with E-state index < -0.39 is 5.97 Å². The lowest BCUT2D eigenvalue weighted by atomic mass is 9.82. The standard InChI is InChI=1S/C24H22N4O2S/c29-24(30)16-10-8-15(9-11-16)23-26-14-20(31-23)19-6-3-7-21(27-19)28-22-12-17-4-1-2-5-18(17)13-25-22/h1-7,12-16H,8-11H2,(H,29,30)(H,25,27,28). The summed E-state index contributed by atoms with van der Waals surface area (Å²) < 4.78 is 0. The quantitative estimate of drug-likeness (QED) is 0.413. The minimum atomic E-state index is -0.673. The lowest BCUT2D eigenvalue weighted by Gasteiger charge is -2.24. The highest BCUT2D eigenvalue weighted by molar-refractivity contribution is 7.15. The van der Waals surface area contributed by atoms with Crippen molar-refractivity contribution in [2.45, 2.75) is 31.6 Å². The molecule has 0 atom stereocenters. The first-order valence-electron chi connectivity index (χ1n) is 10.4. The number of rotatable bonds is 5. The van der Waals surface area contributed by atoms with Crippen molar-refractivity contribution in [1.29, 1.82) is 0 Å². The summed E-state index contributed by atoms with van der Waals surface area (Å²) in [7, 11) is 0. The molecule has 0 unspecified atom stereocenters. The van der Waals surface area contributed by atoms with Crippen LogP contribution in [0, 0.1) is 5.92 Å². The van der Waals surface area contributed by atoms with Crippen molar-refractivity contribution in [2.75, 3.05) is 5.32 Å². The number of hydrogen-bond donors (Lipinski definition) is 2. The number of nitrogens with one attached hydrogen (secondary N) is 1. The Labute approximate surface area is 184 Å². The van der Waals surface area contributed by atoms with Gasteiger partial charge in [0.15, 0.2) is 0 Å². The molecule has 0 spiro atoms. The SMILES string of the molecule is O=C(O)C1CCC(c2ncc(-c3cccc(Nc4cc5ccccc5cn4)n3)s2)CC1. The topological polar surface area (TPSA) is 88.0 Å². The van der Waals surface area contributed by atoms with Crippen LogP contribution in [0.15, 0.2) is 60.9 Å². The monoisotopic (exact) mass is 430 g/mol. The summed E-state index contributed by atoms with van der Waals surface area (Å²) >= 11 is 1.65. The highest BCUT2D eigenvalue weighted by atomic mass is 32.1. The zero-order chi connectivity index (χ0) is 21.2. The summed E-state index contributed by atoms with van der Waals surface area (Å²) in [6, 6.07) is 16.0. The normalized spacial score (nSPS) is 18.7. The number of thiazole rings is 1. The lowest BCUT2D eigenvalue weighted by Crippen LogP contribution is -2.20. The number of carboxylic acids is 1. The molecule has 6 nitrogen and oxygen atoms in total. The average Bonchev–Trinajstić information content (AvgIpc) is 3.30. The van der Waals surface area contributed by atoms with Gasteiger partial charge in [0.2, 0.25) is 0 Å². The van der Waals surface area contributed by atoms with Crippen molar-refractivity contribution in [3.05, 3.63) is 65.9 Å². The third kappa shape index (κ3) is 4.27. The van der Waals surface area contributed by atoms with Gasteiger partial charge in [-0.15, -0.1) is 11.3 Å². The van der Waals surface area contributed by atoms with Crippen molar-refractivity contribution in [1.82, 2.24) is 15.0 Å². The first-order chi connectivity index (χ1) is 15.2. The van der Waals surface area contributed by atoms with Gasteiger partial charge in [-0.05, 0) is 49.3 Å². The highest BCUT2D eigenvalue weighted by Crippen LogP contribution is 2.39. The van der Waals surface area contributed by atoms with Crippen LogP contribution in [0.5, 0.6) is 0 Å². The maximum absolute atomic E-state index is 11.2. The van der Waals surface area contributed by atoms with Crippen molar-refractivity contribution in [3.8, 4) is 10.6 Å². The van der Waals surface area contributed by atoms with E-state index >= 15 is 0 Å². The van der Waals surface area contributed by atoms with Gasteiger partial charge in [0, 0.05) is 23.7 Å². The van der Waals surface area contributed by atoms with Crippen LogP contribution >= 0.6 is 11.3 Å². The van der Waals surface area contributed by atoms with Crippen LogP contribution in [-0.2, 0) is 4.79 Å². The number of carboxylic acid groups (broad SMARTS) is 1. The lowest BCUT2D eigenvalue weighted by molar-refractivity contribution is -0.142. The van der Waals surface area contributed by atoms with Crippen LogP contribution in [0.1, 0.15) is 36.6 Å². The Balaban J connectivity index is 1.32. The zero-order valence-corrected chi connectivity index (χ0v) is 17.7. The second-order valence-corrected chi connectivity index (χ2v) is 8.96. The molecule has 1 saturated carbocycles. The van der Waals surface area contributed by atoms with E-state index in [0.717, 1.165) is 63.7 Å². The molecule has 0 bridgehead atoms. The van der Waals surface area contributed by atoms with Gasteiger partial charge in [0.25, 0.3) is 0 Å². The van der Waals surface area contributed by atoms with Crippen LogP contribution < -0.4 is 5.32 Å². The Hall–Kier alpha value is -3.32. The van der Waals surface area contributed by atoms with E-state index in [9.17, 15) is 9.90 Å². The van der Waals surface area contributed by atoms with E-state index in [1.807, 2.05) is 54.9 Å². The second kappa shape index (κ2) is 8.43. The highest BCUT2D eigenvalue weighted by Gasteiger charge is 2.28. The molecule has 2 N–H and O–H groups in total. The molecule has 156 valence electrons. The third-order valence-corrected chi connectivity index (χ3v) is 7.02. The van der Waals surface area contributed by atoms with Gasteiger partial charge in [-0.2, -0.15) is 0 Å². The fourth-order valence-electron chi connectivity index (χ4n) is 4.11. The van der Waals surface area contributed by atoms with Gasteiger partial charge in [-0.25, -0.2) is 15.0 Å². The molecular weight excluding hydrogens is 408 g/mol. The molecule has 0 radical (unpaired) electrons. The van der Waals surface area contributed by atoms with Crippen molar-refractivity contribution in [3.63, 3.8) is 0 Å². The number of fused-ring (bicyclic) bond motifs is 1. The van der Waals surface area contributed by atoms with Gasteiger partial charge < -0.3 is 10.4 Å². The number of aromatic nitrogens is 3. The molecule has 1 aromatic carbocycles. The maximum atomic E-state index is 11.2. The Morgan fingerprint density at radius 3 is 2.55 bits per heavy atom. The van der Waals surface area contributed by atoms with Crippen molar-refractivity contribution < 1.29 is 9.90 Å². The second-order valence-electron chi connectivity index (χ2n) is 7.90. The molecule has 7 heteroatoms. The zero-order valence-electron chi connectivity index (χ0n) is 16.9. The Bertz CT molecular complexity index is 1230. The van der Waals surface area contributed by atoms with E-state index in [1.165, 1.54) is 0 Å². The third-order valence-electron chi connectivity index (χ3n) is 5.84. The number of anilines is 2. The molecule has 4 aromatic rings. The molecule has 3 heterocycles. The number of benzene rings is 1. The molecule has 0 aliphatic heterocycles. The van der Waals surface area contributed by atoms with Crippen LogP contribution in [0.2, 0.25) is 0 Å². The fraction of sp³-hybridized carbons (Fsp3) is 0.250. The van der Waals surface area contributed by atoms with Gasteiger partial charge in [-0.3, -0.25) is 4.79 Å². The number of hydrogen-bond acceptors (Lipinski definition) is 6. The molecule has 31 heavy (non-hydrogen) atoms. The molecule has 0 amide bonds. The maximum Gasteiger partial charge on any atom is 0.306 e. The predicted molar refractivity (Wildman–Crippen MR) is 123 cm³/mol. The molecule has 0 saturated heterocycles. The summed E-state index contributed by atoms with van der Waals surface area (Å²) in [6.45, 7) is 0. The molecule has 5 rings (SSSR count). The number of aliphatic carboxylic acids is 1. The smallest absolute Gasteiger partial charge is 0.306 e. The molecular formula is C24H22N4O2S. The van der Waals surface area contributed by atoms with Crippen LogP contribution in [0.3, 0.4) is 0 Å².